The molecule has 3 rings (SSSR count). The second-order valence-corrected chi connectivity index (χ2v) is 8.21. The number of hydrogen-bond acceptors (Lipinski definition) is 4. The van der Waals surface area contributed by atoms with Gasteiger partial charge in [0.2, 0.25) is 0 Å². The molecule has 3 heterocycles. The minimum atomic E-state index is 0.374. The lowest BCUT2D eigenvalue weighted by atomic mass is 9.87. The second-order valence-electron chi connectivity index (χ2n) is 6.92. The number of guanidine groups is 1. The standard InChI is InChI=1S/C18H30N4OS/c1-4-15-14(3)24-16(21-15)6-9-20-17(19-5-2)22-10-7-18(12-22)8-11-23-13-18/h4-13H2,1-3H3,(H,19,20). The Morgan fingerprint density at radius 3 is 2.96 bits per heavy atom. The number of aliphatic imine (C=N–C) groups is 1. The smallest absolute Gasteiger partial charge is 0.193 e. The van der Waals surface area contributed by atoms with Gasteiger partial charge in [0.25, 0.3) is 0 Å². The van der Waals surface area contributed by atoms with Crippen LogP contribution >= 0.6 is 11.3 Å². The number of hydrogen-bond donors (Lipinski definition) is 1. The first-order valence-electron chi connectivity index (χ1n) is 9.22. The largest absolute Gasteiger partial charge is 0.381 e. The molecule has 1 spiro atoms. The maximum atomic E-state index is 5.64. The molecule has 0 radical (unpaired) electrons. The summed E-state index contributed by atoms with van der Waals surface area (Å²) in [5, 5.41) is 4.68. The van der Waals surface area contributed by atoms with E-state index in [9.17, 15) is 0 Å². The van der Waals surface area contributed by atoms with E-state index in [0.717, 1.165) is 58.2 Å². The average Bonchev–Trinajstić information content (AvgIpc) is 3.29. The van der Waals surface area contributed by atoms with Gasteiger partial charge in [-0.1, -0.05) is 6.92 Å². The molecule has 1 unspecified atom stereocenters. The summed E-state index contributed by atoms with van der Waals surface area (Å²) in [6.07, 6.45) is 4.37. The number of likely N-dealkylation sites (tertiary alicyclic amines) is 1. The lowest BCUT2D eigenvalue weighted by Crippen LogP contribution is -2.41. The Bertz CT molecular complexity index is 578. The number of thiazole rings is 1. The van der Waals surface area contributed by atoms with E-state index in [1.807, 2.05) is 11.3 Å². The molecular weight excluding hydrogens is 320 g/mol. The predicted molar refractivity (Wildman–Crippen MR) is 100.0 cm³/mol. The van der Waals surface area contributed by atoms with Crippen LogP contribution in [-0.2, 0) is 17.6 Å². The van der Waals surface area contributed by atoms with Gasteiger partial charge in [-0.2, -0.15) is 0 Å². The van der Waals surface area contributed by atoms with E-state index in [-0.39, 0.29) is 0 Å². The summed E-state index contributed by atoms with van der Waals surface area (Å²) in [5.74, 6) is 1.06. The molecule has 2 aliphatic rings. The molecule has 134 valence electrons. The summed E-state index contributed by atoms with van der Waals surface area (Å²) < 4.78 is 5.64. The van der Waals surface area contributed by atoms with E-state index >= 15 is 0 Å². The predicted octanol–water partition coefficient (Wildman–Crippen LogP) is 2.63. The van der Waals surface area contributed by atoms with Crippen molar-refractivity contribution < 1.29 is 4.74 Å². The van der Waals surface area contributed by atoms with Crippen LogP contribution in [0.4, 0.5) is 0 Å². The Morgan fingerprint density at radius 1 is 1.42 bits per heavy atom. The molecule has 1 N–H and O–H groups in total. The van der Waals surface area contributed by atoms with Crippen LogP contribution in [0.1, 0.15) is 42.3 Å². The van der Waals surface area contributed by atoms with E-state index in [0.29, 0.717) is 5.41 Å². The zero-order valence-corrected chi connectivity index (χ0v) is 16.0. The van der Waals surface area contributed by atoms with Gasteiger partial charge in [-0.05, 0) is 33.1 Å². The highest BCUT2D eigenvalue weighted by molar-refractivity contribution is 7.11. The van der Waals surface area contributed by atoms with Crippen molar-refractivity contribution in [2.45, 2.75) is 46.5 Å². The van der Waals surface area contributed by atoms with E-state index in [1.54, 1.807) is 0 Å². The van der Waals surface area contributed by atoms with Gasteiger partial charge in [-0.3, -0.25) is 4.99 Å². The fourth-order valence-corrected chi connectivity index (χ4v) is 4.70. The average molecular weight is 351 g/mol. The molecule has 6 heteroatoms. The van der Waals surface area contributed by atoms with E-state index in [1.165, 1.54) is 28.4 Å². The van der Waals surface area contributed by atoms with Crippen LogP contribution in [0.25, 0.3) is 0 Å². The maximum absolute atomic E-state index is 5.64. The Balaban J connectivity index is 1.59. The number of aryl methyl sites for hydroxylation is 2. The van der Waals surface area contributed by atoms with Gasteiger partial charge in [-0.25, -0.2) is 4.98 Å². The van der Waals surface area contributed by atoms with Crippen molar-refractivity contribution in [3.8, 4) is 0 Å². The summed E-state index contributed by atoms with van der Waals surface area (Å²) in [6, 6.07) is 0. The molecule has 5 nitrogen and oxygen atoms in total. The molecule has 1 aromatic rings. The van der Waals surface area contributed by atoms with Gasteiger partial charge in [0.15, 0.2) is 5.96 Å². The van der Waals surface area contributed by atoms with Crippen molar-refractivity contribution in [3.05, 3.63) is 15.6 Å². The molecule has 0 aliphatic carbocycles. The Kier molecular flexibility index (Phi) is 5.76. The molecule has 1 aromatic heterocycles. The van der Waals surface area contributed by atoms with E-state index < -0.39 is 0 Å². The third kappa shape index (κ3) is 3.91. The highest BCUT2D eigenvalue weighted by Gasteiger charge is 2.42. The van der Waals surface area contributed by atoms with Crippen molar-refractivity contribution in [2.24, 2.45) is 10.4 Å². The molecule has 2 saturated heterocycles. The van der Waals surface area contributed by atoms with Crippen molar-refractivity contribution in [2.75, 3.05) is 39.4 Å². The molecule has 0 saturated carbocycles. The third-order valence-corrected chi connectivity index (χ3v) is 6.19. The SMILES string of the molecule is CCNC(=NCCc1nc(CC)c(C)s1)N1CCC2(CCOC2)C1. The Hall–Kier alpha value is -1.14. The third-order valence-electron chi connectivity index (χ3n) is 5.12. The van der Waals surface area contributed by atoms with Gasteiger partial charge in [0.05, 0.1) is 17.3 Å². The van der Waals surface area contributed by atoms with Crippen LogP contribution in [0, 0.1) is 12.3 Å². The first kappa shape index (κ1) is 17.7. The van der Waals surface area contributed by atoms with Gasteiger partial charge in [-0.15, -0.1) is 11.3 Å². The zero-order valence-electron chi connectivity index (χ0n) is 15.2. The van der Waals surface area contributed by atoms with Gasteiger partial charge < -0.3 is 15.0 Å². The maximum Gasteiger partial charge on any atom is 0.193 e. The monoisotopic (exact) mass is 350 g/mol. The molecule has 0 aromatic carbocycles. The lowest BCUT2D eigenvalue weighted by molar-refractivity contribution is 0.156. The minimum absolute atomic E-state index is 0.374. The molecular formula is C18H30N4OS. The second kappa shape index (κ2) is 7.83. The Labute approximate surface area is 149 Å². The van der Waals surface area contributed by atoms with Gasteiger partial charge >= 0.3 is 0 Å². The van der Waals surface area contributed by atoms with Crippen LogP contribution in [0.3, 0.4) is 0 Å². The molecule has 0 amide bonds. The summed E-state index contributed by atoms with van der Waals surface area (Å²) in [4.78, 5) is 13.4. The summed E-state index contributed by atoms with van der Waals surface area (Å²) in [6.45, 7) is 12.2. The minimum Gasteiger partial charge on any atom is -0.381 e. The van der Waals surface area contributed by atoms with E-state index in [2.05, 4.69) is 31.0 Å². The molecule has 1 atom stereocenters. The van der Waals surface area contributed by atoms with Crippen molar-refractivity contribution >= 4 is 17.3 Å². The lowest BCUT2D eigenvalue weighted by Gasteiger charge is -2.24. The normalized spacial score (nSPS) is 24.3. The zero-order chi connectivity index (χ0) is 17.0. The molecule has 2 aliphatic heterocycles. The number of aromatic nitrogens is 1. The molecule has 24 heavy (non-hydrogen) atoms. The molecule has 2 fully saturated rings. The summed E-state index contributed by atoms with van der Waals surface area (Å²) in [5.41, 5.74) is 1.62. The van der Waals surface area contributed by atoms with Crippen LogP contribution in [0.5, 0.6) is 0 Å². The van der Waals surface area contributed by atoms with Gasteiger partial charge in [0.1, 0.15) is 0 Å². The summed E-state index contributed by atoms with van der Waals surface area (Å²) in [7, 11) is 0. The van der Waals surface area contributed by atoms with Crippen LogP contribution in [0.2, 0.25) is 0 Å². The fourth-order valence-electron chi connectivity index (χ4n) is 3.69. The van der Waals surface area contributed by atoms with Crippen molar-refractivity contribution in [1.82, 2.24) is 15.2 Å². The van der Waals surface area contributed by atoms with Crippen LogP contribution in [0.15, 0.2) is 4.99 Å². The van der Waals surface area contributed by atoms with Crippen molar-refractivity contribution in [3.63, 3.8) is 0 Å². The first-order valence-corrected chi connectivity index (χ1v) is 10.0. The van der Waals surface area contributed by atoms with Crippen LogP contribution < -0.4 is 5.32 Å². The number of rotatable bonds is 5. The number of ether oxygens (including phenoxy) is 1. The highest BCUT2D eigenvalue weighted by atomic mass is 32.1. The summed E-state index contributed by atoms with van der Waals surface area (Å²) >= 11 is 1.82. The molecule has 0 bridgehead atoms. The van der Waals surface area contributed by atoms with E-state index in [4.69, 9.17) is 14.7 Å². The first-order chi connectivity index (χ1) is 11.7. The fraction of sp³-hybridized carbons (Fsp3) is 0.778. The highest BCUT2D eigenvalue weighted by Crippen LogP contribution is 2.38. The van der Waals surface area contributed by atoms with Crippen molar-refractivity contribution in [1.29, 1.82) is 0 Å². The number of nitrogens with zero attached hydrogens (tertiary/aromatic N) is 3. The van der Waals surface area contributed by atoms with Crippen LogP contribution in [-0.4, -0.2) is 55.2 Å². The quantitative estimate of drug-likeness (QED) is 0.655. The Morgan fingerprint density at radius 2 is 2.29 bits per heavy atom. The topological polar surface area (TPSA) is 49.8 Å². The number of nitrogens with one attached hydrogen (secondary N) is 1. The van der Waals surface area contributed by atoms with Gasteiger partial charge in [0, 0.05) is 49.5 Å².